The molecule has 0 N–H and O–H groups in total. The zero-order valence-electron chi connectivity index (χ0n) is 7.33. The maximum absolute atomic E-state index is 4.41. The monoisotopic (exact) mass is 159 g/mol. The second kappa shape index (κ2) is 3.10. The highest BCUT2D eigenvalue weighted by atomic mass is 14.7. The van der Waals surface area contributed by atoms with Gasteiger partial charge in [-0.25, -0.2) is 0 Å². The smallest absolute Gasteiger partial charge is 0.0660 e. The van der Waals surface area contributed by atoms with Crippen LogP contribution in [0.15, 0.2) is 29.3 Å². The summed E-state index contributed by atoms with van der Waals surface area (Å²) in [5, 5.41) is 0. The molecule has 0 amide bonds. The van der Waals surface area contributed by atoms with Crippen molar-refractivity contribution in [3.63, 3.8) is 0 Å². The van der Waals surface area contributed by atoms with Crippen molar-refractivity contribution in [2.24, 2.45) is 4.99 Å². The lowest BCUT2D eigenvalue weighted by atomic mass is 9.96. The van der Waals surface area contributed by atoms with Crippen LogP contribution in [0.1, 0.15) is 31.2 Å². The summed E-state index contributed by atoms with van der Waals surface area (Å²) in [5.74, 6) is 0.656. The molecule has 0 saturated heterocycles. The number of nitrogens with zero attached hydrogens (tertiary/aromatic N) is 1. The fourth-order valence-electron chi connectivity index (χ4n) is 1.66. The van der Waals surface area contributed by atoms with E-state index in [1.165, 1.54) is 12.0 Å². The van der Waals surface area contributed by atoms with Crippen LogP contribution in [0.4, 0.5) is 5.69 Å². The average Bonchev–Trinajstić information content (AvgIpc) is 2.29. The van der Waals surface area contributed by atoms with Gasteiger partial charge in [0.2, 0.25) is 0 Å². The first kappa shape index (κ1) is 7.53. The molecule has 0 saturated carbocycles. The first-order valence-electron chi connectivity index (χ1n) is 4.49. The van der Waals surface area contributed by atoms with Gasteiger partial charge in [-0.3, -0.25) is 4.99 Å². The van der Waals surface area contributed by atoms with E-state index in [1.807, 2.05) is 12.3 Å². The van der Waals surface area contributed by atoms with Gasteiger partial charge in [-0.15, -0.1) is 0 Å². The van der Waals surface area contributed by atoms with Crippen molar-refractivity contribution in [3.05, 3.63) is 29.8 Å². The SMILES string of the molecule is CC1CCC=Nc2ccccc21. The van der Waals surface area contributed by atoms with Crippen molar-refractivity contribution in [3.8, 4) is 0 Å². The molecule has 1 aliphatic heterocycles. The lowest BCUT2D eigenvalue weighted by Gasteiger charge is -2.09. The van der Waals surface area contributed by atoms with Gasteiger partial charge in [0, 0.05) is 6.21 Å². The Kier molecular flexibility index (Phi) is 1.94. The van der Waals surface area contributed by atoms with E-state index in [9.17, 15) is 0 Å². The minimum atomic E-state index is 0.656. The van der Waals surface area contributed by atoms with Crippen LogP contribution in [0.5, 0.6) is 0 Å². The average molecular weight is 159 g/mol. The summed E-state index contributed by atoms with van der Waals surface area (Å²) < 4.78 is 0. The fourth-order valence-corrected chi connectivity index (χ4v) is 1.66. The summed E-state index contributed by atoms with van der Waals surface area (Å²) in [6.45, 7) is 2.27. The number of fused-ring (bicyclic) bond motifs is 1. The Morgan fingerprint density at radius 1 is 1.33 bits per heavy atom. The van der Waals surface area contributed by atoms with Crippen molar-refractivity contribution in [1.82, 2.24) is 0 Å². The van der Waals surface area contributed by atoms with E-state index in [0.717, 1.165) is 12.1 Å². The molecule has 0 fully saturated rings. The Labute approximate surface area is 73.1 Å². The number of aliphatic imine (C=N–C) groups is 1. The van der Waals surface area contributed by atoms with Crippen LogP contribution in [-0.2, 0) is 0 Å². The highest BCUT2D eigenvalue weighted by molar-refractivity contribution is 5.66. The highest BCUT2D eigenvalue weighted by Gasteiger charge is 2.10. The standard InChI is InChI=1S/C11H13N/c1-9-5-4-8-12-11-7-3-2-6-10(9)11/h2-3,6-9H,4-5H2,1H3. The Morgan fingerprint density at radius 3 is 3.08 bits per heavy atom. The Hall–Kier alpha value is -1.11. The van der Waals surface area contributed by atoms with Crippen molar-refractivity contribution in [2.45, 2.75) is 25.7 Å². The molecule has 0 bridgehead atoms. The fraction of sp³-hybridized carbons (Fsp3) is 0.364. The van der Waals surface area contributed by atoms with Gasteiger partial charge in [-0.1, -0.05) is 25.1 Å². The van der Waals surface area contributed by atoms with Gasteiger partial charge in [0.05, 0.1) is 5.69 Å². The maximum atomic E-state index is 4.41. The quantitative estimate of drug-likeness (QED) is 0.551. The molecule has 1 aliphatic rings. The van der Waals surface area contributed by atoms with Crippen LogP contribution >= 0.6 is 0 Å². The predicted molar refractivity (Wildman–Crippen MR) is 52.2 cm³/mol. The van der Waals surface area contributed by atoms with Crippen molar-refractivity contribution < 1.29 is 0 Å². The van der Waals surface area contributed by atoms with Gasteiger partial charge < -0.3 is 0 Å². The molecule has 0 aromatic heterocycles. The van der Waals surface area contributed by atoms with E-state index >= 15 is 0 Å². The first-order chi connectivity index (χ1) is 5.88. The number of hydrogen-bond acceptors (Lipinski definition) is 1. The van der Waals surface area contributed by atoms with Gasteiger partial charge in [-0.2, -0.15) is 0 Å². The third-order valence-corrected chi connectivity index (χ3v) is 2.43. The van der Waals surface area contributed by atoms with E-state index in [2.05, 4.69) is 30.1 Å². The second-order valence-corrected chi connectivity index (χ2v) is 3.35. The van der Waals surface area contributed by atoms with E-state index in [0.29, 0.717) is 5.92 Å². The number of rotatable bonds is 0. The largest absolute Gasteiger partial charge is 0.261 e. The zero-order chi connectivity index (χ0) is 8.39. The van der Waals surface area contributed by atoms with E-state index < -0.39 is 0 Å². The van der Waals surface area contributed by atoms with E-state index in [-0.39, 0.29) is 0 Å². The Bertz CT molecular complexity index is 302. The van der Waals surface area contributed by atoms with E-state index in [4.69, 9.17) is 0 Å². The van der Waals surface area contributed by atoms with Gasteiger partial charge in [-0.05, 0) is 30.4 Å². The summed E-state index contributed by atoms with van der Waals surface area (Å²) in [7, 11) is 0. The van der Waals surface area contributed by atoms with Gasteiger partial charge in [0.25, 0.3) is 0 Å². The molecule has 0 radical (unpaired) electrons. The van der Waals surface area contributed by atoms with Crippen LogP contribution in [-0.4, -0.2) is 6.21 Å². The van der Waals surface area contributed by atoms with Crippen molar-refractivity contribution >= 4 is 11.9 Å². The molecule has 1 unspecified atom stereocenters. The zero-order valence-corrected chi connectivity index (χ0v) is 7.33. The molecule has 1 heteroatoms. The lowest BCUT2D eigenvalue weighted by Crippen LogP contribution is -1.91. The Morgan fingerprint density at radius 2 is 2.17 bits per heavy atom. The molecular weight excluding hydrogens is 146 g/mol. The second-order valence-electron chi connectivity index (χ2n) is 3.35. The summed E-state index contributed by atoms with van der Waals surface area (Å²) in [4.78, 5) is 4.41. The molecule has 1 nitrogen and oxygen atoms in total. The topological polar surface area (TPSA) is 12.4 Å². The third kappa shape index (κ3) is 1.27. The van der Waals surface area contributed by atoms with Gasteiger partial charge >= 0.3 is 0 Å². The summed E-state index contributed by atoms with van der Waals surface area (Å²) >= 11 is 0. The molecule has 1 aromatic carbocycles. The van der Waals surface area contributed by atoms with Crippen molar-refractivity contribution in [2.75, 3.05) is 0 Å². The van der Waals surface area contributed by atoms with Crippen LogP contribution in [0, 0.1) is 0 Å². The molecule has 2 rings (SSSR count). The minimum absolute atomic E-state index is 0.656. The van der Waals surface area contributed by atoms with Crippen LogP contribution in [0.3, 0.4) is 0 Å². The molecule has 1 aromatic rings. The number of hydrogen-bond donors (Lipinski definition) is 0. The van der Waals surface area contributed by atoms with Gasteiger partial charge in [0.15, 0.2) is 0 Å². The van der Waals surface area contributed by atoms with Crippen molar-refractivity contribution in [1.29, 1.82) is 0 Å². The Balaban J connectivity index is 2.49. The lowest BCUT2D eigenvalue weighted by molar-refractivity contribution is 0.715. The number of para-hydroxylation sites is 1. The highest BCUT2D eigenvalue weighted by Crippen LogP contribution is 2.31. The molecule has 12 heavy (non-hydrogen) atoms. The minimum Gasteiger partial charge on any atom is -0.261 e. The molecule has 0 aliphatic carbocycles. The van der Waals surface area contributed by atoms with Crippen LogP contribution < -0.4 is 0 Å². The summed E-state index contributed by atoms with van der Waals surface area (Å²) in [6.07, 6.45) is 4.36. The third-order valence-electron chi connectivity index (χ3n) is 2.43. The molecule has 0 spiro atoms. The van der Waals surface area contributed by atoms with Crippen LogP contribution in [0.2, 0.25) is 0 Å². The number of benzene rings is 1. The summed E-state index contributed by atoms with van der Waals surface area (Å²) in [6, 6.07) is 8.42. The normalized spacial score (nSPS) is 21.6. The molecule has 1 atom stereocenters. The molecule has 62 valence electrons. The molecule has 1 heterocycles. The van der Waals surface area contributed by atoms with E-state index in [1.54, 1.807) is 0 Å². The first-order valence-corrected chi connectivity index (χ1v) is 4.49. The van der Waals surface area contributed by atoms with Gasteiger partial charge in [0.1, 0.15) is 0 Å². The maximum Gasteiger partial charge on any atom is 0.0660 e. The predicted octanol–water partition coefficient (Wildman–Crippen LogP) is 3.29. The van der Waals surface area contributed by atoms with Crippen LogP contribution in [0.25, 0.3) is 0 Å². The summed E-state index contributed by atoms with van der Waals surface area (Å²) in [5.41, 5.74) is 2.55. The molecular formula is C11H13N.